The maximum absolute atomic E-state index is 12.6. The van der Waals surface area contributed by atoms with Gasteiger partial charge in [0, 0.05) is 7.11 Å². The maximum atomic E-state index is 12.6. The number of rotatable bonds is 9. The normalized spacial score (nSPS) is 13.0. The summed E-state index contributed by atoms with van der Waals surface area (Å²) in [6.45, 7) is 6.29. The minimum atomic E-state index is -0.902. The van der Waals surface area contributed by atoms with Crippen LogP contribution in [0.4, 0.5) is 5.69 Å². The smallest absolute Gasteiger partial charge is 0.256 e. The zero-order valence-corrected chi connectivity index (χ0v) is 14.4. The number of methoxy groups -OCH3 is 1. The largest absolute Gasteiger partial charge is 0.494 e. The van der Waals surface area contributed by atoms with Gasteiger partial charge in [0.25, 0.3) is 5.91 Å². The molecule has 0 heterocycles. The van der Waals surface area contributed by atoms with Crippen molar-refractivity contribution >= 4 is 11.6 Å². The number of nitrogens with one attached hydrogen (secondary N) is 1. The Labute approximate surface area is 138 Å². The highest BCUT2D eigenvalue weighted by Crippen LogP contribution is 2.25. The van der Waals surface area contributed by atoms with E-state index in [-0.39, 0.29) is 5.91 Å². The molecule has 126 valence electrons. The van der Waals surface area contributed by atoms with Gasteiger partial charge in [-0.25, -0.2) is 0 Å². The van der Waals surface area contributed by atoms with E-state index in [1.54, 1.807) is 25.1 Å². The van der Waals surface area contributed by atoms with Gasteiger partial charge in [0.1, 0.15) is 17.4 Å². The third-order valence-corrected chi connectivity index (χ3v) is 3.86. The van der Waals surface area contributed by atoms with E-state index in [4.69, 9.17) is 9.47 Å². The number of unbranched alkanes of at least 4 members (excludes halogenated alkanes) is 2. The first-order valence-corrected chi connectivity index (χ1v) is 8.04. The number of nitriles is 1. The molecule has 5 nitrogen and oxygen atoms in total. The second-order valence-electron chi connectivity index (χ2n) is 5.60. The van der Waals surface area contributed by atoms with E-state index >= 15 is 0 Å². The van der Waals surface area contributed by atoms with Gasteiger partial charge in [-0.1, -0.05) is 26.2 Å². The summed E-state index contributed by atoms with van der Waals surface area (Å²) in [6.07, 6.45) is 3.70. The summed E-state index contributed by atoms with van der Waals surface area (Å²) < 4.78 is 10.8. The number of amides is 1. The molecule has 0 radical (unpaired) electrons. The highest BCUT2D eigenvalue weighted by atomic mass is 16.5. The third-order valence-electron chi connectivity index (χ3n) is 3.86. The fraction of sp³-hybridized carbons (Fsp3) is 0.556. The second-order valence-corrected chi connectivity index (χ2v) is 5.60. The Bertz CT molecular complexity index is 566. The van der Waals surface area contributed by atoms with Crippen LogP contribution in [0.2, 0.25) is 0 Å². The van der Waals surface area contributed by atoms with Crippen molar-refractivity contribution in [1.82, 2.24) is 0 Å². The molecule has 0 aliphatic heterocycles. The van der Waals surface area contributed by atoms with Crippen LogP contribution in [-0.4, -0.2) is 25.2 Å². The van der Waals surface area contributed by atoms with Crippen molar-refractivity contribution in [2.24, 2.45) is 0 Å². The summed E-state index contributed by atoms with van der Waals surface area (Å²) in [5.74, 6) is 0.372. The molecule has 23 heavy (non-hydrogen) atoms. The highest BCUT2D eigenvalue weighted by Gasteiger charge is 2.32. The van der Waals surface area contributed by atoms with E-state index in [1.807, 2.05) is 6.92 Å². The Morgan fingerprint density at radius 3 is 2.65 bits per heavy atom. The summed E-state index contributed by atoms with van der Waals surface area (Å²) in [5, 5.41) is 12.1. The third kappa shape index (κ3) is 5.26. The Hall–Kier alpha value is -2.06. The molecule has 1 N–H and O–H groups in total. The second kappa shape index (κ2) is 9.16. The molecule has 0 saturated carbocycles. The van der Waals surface area contributed by atoms with Gasteiger partial charge >= 0.3 is 0 Å². The quantitative estimate of drug-likeness (QED) is 0.701. The molecule has 0 aliphatic rings. The van der Waals surface area contributed by atoms with Crippen molar-refractivity contribution < 1.29 is 14.3 Å². The summed E-state index contributed by atoms with van der Waals surface area (Å²) >= 11 is 0. The number of carbonyl (C=O) groups excluding carboxylic acids is 1. The minimum Gasteiger partial charge on any atom is -0.494 e. The van der Waals surface area contributed by atoms with Crippen LogP contribution in [0.15, 0.2) is 18.2 Å². The minimum absolute atomic E-state index is 0.239. The lowest BCUT2D eigenvalue weighted by Gasteiger charge is -2.27. The van der Waals surface area contributed by atoms with Crippen molar-refractivity contribution in [3.8, 4) is 11.8 Å². The number of benzene rings is 1. The predicted octanol–water partition coefficient (Wildman–Crippen LogP) is 3.88. The van der Waals surface area contributed by atoms with Crippen LogP contribution >= 0.6 is 0 Å². The van der Waals surface area contributed by atoms with Crippen LogP contribution in [0.3, 0.4) is 0 Å². The predicted molar refractivity (Wildman–Crippen MR) is 90.5 cm³/mol. The first-order valence-electron chi connectivity index (χ1n) is 8.04. The summed E-state index contributed by atoms with van der Waals surface area (Å²) in [4.78, 5) is 12.6. The highest BCUT2D eigenvalue weighted by molar-refractivity contribution is 5.98. The van der Waals surface area contributed by atoms with Crippen LogP contribution in [0.1, 0.15) is 52.0 Å². The van der Waals surface area contributed by atoms with Crippen molar-refractivity contribution in [2.75, 3.05) is 19.0 Å². The first kappa shape index (κ1) is 19.0. The van der Waals surface area contributed by atoms with Gasteiger partial charge < -0.3 is 14.8 Å². The van der Waals surface area contributed by atoms with E-state index in [0.717, 1.165) is 19.3 Å². The fourth-order valence-corrected chi connectivity index (χ4v) is 2.26. The molecule has 1 atom stereocenters. The SMILES string of the molecule is CCCCCC(C)(OC)C(=O)Nc1ccc(OCC)cc1C#N. The molecule has 0 saturated heterocycles. The van der Waals surface area contributed by atoms with E-state index in [9.17, 15) is 10.1 Å². The van der Waals surface area contributed by atoms with Gasteiger partial charge in [-0.15, -0.1) is 0 Å². The summed E-state index contributed by atoms with van der Waals surface area (Å²) in [7, 11) is 1.54. The number of hydrogen-bond donors (Lipinski definition) is 1. The van der Waals surface area contributed by atoms with E-state index < -0.39 is 5.60 Å². The zero-order valence-electron chi connectivity index (χ0n) is 14.4. The van der Waals surface area contributed by atoms with Crippen LogP contribution in [0, 0.1) is 11.3 Å². The Morgan fingerprint density at radius 2 is 2.09 bits per heavy atom. The molecule has 1 aromatic carbocycles. The standard InChI is InChI=1S/C18H26N2O3/c1-5-7-8-11-18(3,22-4)17(21)20-16-10-9-15(23-6-2)12-14(16)13-19/h9-10,12H,5-8,11H2,1-4H3,(H,20,21). The number of hydrogen-bond acceptors (Lipinski definition) is 4. The molecule has 1 rings (SSSR count). The van der Waals surface area contributed by atoms with E-state index in [1.165, 1.54) is 7.11 Å². The van der Waals surface area contributed by atoms with Gasteiger partial charge in [-0.05, 0) is 38.5 Å². The fourth-order valence-electron chi connectivity index (χ4n) is 2.26. The van der Waals surface area contributed by atoms with Crippen LogP contribution < -0.4 is 10.1 Å². The number of ether oxygens (including phenoxy) is 2. The molecule has 1 amide bonds. The Kier molecular flexibility index (Phi) is 7.56. The molecule has 0 aliphatic carbocycles. The maximum Gasteiger partial charge on any atom is 0.256 e. The van der Waals surface area contributed by atoms with Gasteiger partial charge in [0.2, 0.25) is 0 Å². The topological polar surface area (TPSA) is 71.3 Å². The molecule has 5 heteroatoms. The van der Waals surface area contributed by atoms with Crippen molar-refractivity contribution in [2.45, 2.75) is 52.1 Å². The molecule has 0 spiro atoms. The average molecular weight is 318 g/mol. The van der Waals surface area contributed by atoms with E-state index in [2.05, 4.69) is 18.3 Å². The lowest BCUT2D eigenvalue weighted by Crippen LogP contribution is -2.42. The summed E-state index contributed by atoms with van der Waals surface area (Å²) in [6, 6.07) is 7.13. The average Bonchev–Trinajstić information content (AvgIpc) is 2.56. The van der Waals surface area contributed by atoms with Gasteiger partial charge in [-0.3, -0.25) is 4.79 Å². The number of anilines is 1. The van der Waals surface area contributed by atoms with Crippen molar-refractivity contribution in [3.05, 3.63) is 23.8 Å². The Balaban J connectivity index is 2.88. The summed E-state index contributed by atoms with van der Waals surface area (Å²) in [5.41, 5.74) is -0.0587. The van der Waals surface area contributed by atoms with Gasteiger partial charge in [0.15, 0.2) is 0 Å². The lowest BCUT2D eigenvalue weighted by atomic mass is 9.96. The van der Waals surface area contributed by atoms with Crippen LogP contribution in [0.5, 0.6) is 5.75 Å². The molecule has 0 bridgehead atoms. The molecule has 1 unspecified atom stereocenters. The molecule has 0 aromatic heterocycles. The van der Waals surface area contributed by atoms with Crippen molar-refractivity contribution in [1.29, 1.82) is 5.26 Å². The van der Waals surface area contributed by atoms with E-state index in [0.29, 0.717) is 30.0 Å². The molecule has 1 aromatic rings. The zero-order chi connectivity index (χ0) is 17.3. The van der Waals surface area contributed by atoms with Crippen molar-refractivity contribution in [3.63, 3.8) is 0 Å². The monoisotopic (exact) mass is 318 g/mol. The lowest BCUT2D eigenvalue weighted by molar-refractivity contribution is -0.136. The molecular weight excluding hydrogens is 292 g/mol. The van der Waals surface area contributed by atoms with Gasteiger partial charge in [-0.2, -0.15) is 5.26 Å². The van der Waals surface area contributed by atoms with Gasteiger partial charge in [0.05, 0.1) is 17.9 Å². The Morgan fingerprint density at radius 1 is 1.35 bits per heavy atom. The molecule has 0 fully saturated rings. The number of nitrogens with zero attached hydrogens (tertiary/aromatic N) is 1. The number of carbonyl (C=O) groups is 1. The van der Waals surface area contributed by atoms with Crippen LogP contribution in [-0.2, 0) is 9.53 Å². The molecular formula is C18H26N2O3. The van der Waals surface area contributed by atoms with Crippen LogP contribution in [0.25, 0.3) is 0 Å². The first-order chi connectivity index (χ1) is 11.0.